The third-order valence-corrected chi connectivity index (χ3v) is 4.68. The van der Waals surface area contributed by atoms with Crippen LogP contribution in [0, 0.1) is 0 Å². The summed E-state index contributed by atoms with van der Waals surface area (Å²) in [6.45, 7) is 4.92. The van der Waals surface area contributed by atoms with Crippen molar-refractivity contribution in [2.45, 2.75) is 32.9 Å². The number of hydrogen-bond acceptors (Lipinski definition) is 6. The number of carbonyl (C=O) groups excluding carboxylic acids is 4. The number of nitrogens with one attached hydrogen (secondary N) is 1. The van der Waals surface area contributed by atoms with E-state index in [1.165, 1.54) is 32.2 Å². The van der Waals surface area contributed by atoms with Crippen molar-refractivity contribution >= 4 is 29.4 Å². The average molecular weight is 410 g/mol. The van der Waals surface area contributed by atoms with E-state index in [-0.39, 0.29) is 22.7 Å². The molecule has 0 saturated carbocycles. The Morgan fingerprint density at radius 3 is 2.17 bits per heavy atom. The van der Waals surface area contributed by atoms with Crippen molar-refractivity contribution in [3.05, 3.63) is 59.2 Å². The zero-order valence-electron chi connectivity index (χ0n) is 17.1. The first-order valence-corrected chi connectivity index (χ1v) is 9.40. The van der Waals surface area contributed by atoms with Gasteiger partial charge in [0.2, 0.25) is 0 Å². The minimum Gasteiger partial charge on any atom is -0.497 e. The van der Waals surface area contributed by atoms with Crippen molar-refractivity contribution in [1.29, 1.82) is 0 Å². The Hall–Kier alpha value is -3.68. The third kappa shape index (κ3) is 4.03. The SMILES string of the molecule is COc1ccc(NC(=O)[C@H](C)OC(=O)c2ccc3c(c2)C(=O)N(C(C)C)C3=O)cc1. The molecule has 8 nitrogen and oxygen atoms in total. The first-order valence-electron chi connectivity index (χ1n) is 9.40. The number of methoxy groups -OCH3 is 1. The van der Waals surface area contributed by atoms with E-state index in [0.29, 0.717) is 11.4 Å². The Labute approximate surface area is 173 Å². The van der Waals surface area contributed by atoms with E-state index in [2.05, 4.69) is 5.32 Å². The number of rotatable bonds is 6. The van der Waals surface area contributed by atoms with Crippen molar-refractivity contribution < 1.29 is 28.7 Å². The monoisotopic (exact) mass is 410 g/mol. The quantitative estimate of drug-likeness (QED) is 0.580. The molecule has 2 aromatic rings. The van der Waals surface area contributed by atoms with Crippen molar-refractivity contribution in [3.8, 4) is 5.75 Å². The van der Waals surface area contributed by atoms with Gasteiger partial charge in [-0.05, 0) is 63.2 Å². The van der Waals surface area contributed by atoms with Crippen LogP contribution in [-0.4, -0.2) is 47.8 Å². The summed E-state index contributed by atoms with van der Waals surface area (Å²) in [5, 5.41) is 2.65. The molecule has 0 aliphatic carbocycles. The number of hydrogen-bond donors (Lipinski definition) is 1. The lowest BCUT2D eigenvalue weighted by Crippen LogP contribution is -2.35. The van der Waals surface area contributed by atoms with Gasteiger partial charge in [0, 0.05) is 11.7 Å². The predicted molar refractivity (Wildman–Crippen MR) is 109 cm³/mol. The molecule has 1 aliphatic rings. The second-order valence-electron chi connectivity index (χ2n) is 7.10. The normalized spacial score (nSPS) is 13.8. The lowest BCUT2D eigenvalue weighted by molar-refractivity contribution is -0.123. The number of carbonyl (C=O) groups is 4. The smallest absolute Gasteiger partial charge is 0.338 e. The highest BCUT2D eigenvalue weighted by atomic mass is 16.5. The van der Waals surface area contributed by atoms with Crippen LogP contribution in [0.2, 0.25) is 0 Å². The van der Waals surface area contributed by atoms with Crippen LogP contribution in [0.4, 0.5) is 5.69 Å². The number of benzene rings is 2. The number of imide groups is 1. The average Bonchev–Trinajstić information content (AvgIpc) is 2.98. The summed E-state index contributed by atoms with van der Waals surface area (Å²) < 4.78 is 10.3. The maximum Gasteiger partial charge on any atom is 0.338 e. The highest BCUT2D eigenvalue weighted by Crippen LogP contribution is 2.26. The van der Waals surface area contributed by atoms with Gasteiger partial charge in [-0.15, -0.1) is 0 Å². The summed E-state index contributed by atoms with van der Waals surface area (Å²) in [6.07, 6.45) is -1.07. The highest BCUT2D eigenvalue weighted by Gasteiger charge is 2.37. The van der Waals surface area contributed by atoms with E-state index in [9.17, 15) is 19.2 Å². The zero-order chi connectivity index (χ0) is 22.0. The molecule has 0 aromatic heterocycles. The van der Waals surface area contributed by atoms with E-state index < -0.39 is 29.8 Å². The number of amides is 3. The van der Waals surface area contributed by atoms with Crippen LogP contribution in [0.15, 0.2) is 42.5 Å². The minimum absolute atomic E-state index is 0.0876. The number of esters is 1. The molecule has 1 aliphatic heterocycles. The van der Waals surface area contributed by atoms with Gasteiger partial charge < -0.3 is 14.8 Å². The van der Waals surface area contributed by atoms with Crippen LogP contribution >= 0.6 is 0 Å². The number of nitrogens with zero attached hydrogens (tertiary/aromatic N) is 1. The maximum absolute atomic E-state index is 12.5. The van der Waals surface area contributed by atoms with Gasteiger partial charge in [-0.25, -0.2) is 4.79 Å². The zero-order valence-corrected chi connectivity index (χ0v) is 17.1. The van der Waals surface area contributed by atoms with Gasteiger partial charge in [-0.3, -0.25) is 19.3 Å². The van der Waals surface area contributed by atoms with Crippen LogP contribution in [-0.2, 0) is 9.53 Å². The molecular weight excluding hydrogens is 388 g/mol. The van der Waals surface area contributed by atoms with E-state index >= 15 is 0 Å². The Bertz CT molecular complexity index is 1010. The molecule has 3 amide bonds. The minimum atomic E-state index is -1.07. The topological polar surface area (TPSA) is 102 Å². The molecule has 30 heavy (non-hydrogen) atoms. The Morgan fingerprint density at radius 2 is 1.57 bits per heavy atom. The summed E-state index contributed by atoms with van der Waals surface area (Å²) in [7, 11) is 1.54. The maximum atomic E-state index is 12.5. The third-order valence-electron chi connectivity index (χ3n) is 4.68. The lowest BCUT2D eigenvalue weighted by atomic mass is 10.1. The number of ether oxygens (including phenoxy) is 2. The summed E-state index contributed by atoms with van der Waals surface area (Å²) in [5.41, 5.74) is 1.01. The molecule has 0 unspecified atom stereocenters. The van der Waals surface area contributed by atoms with Gasteiger partial charge in [-0.2, -0.15) is 0 Å². The van der Waals surface area contributed by atoms with Crippen LogP contribution in [0.3, 0.4) is 0 Å². The molecule has 0 saturated heterocycles. The molecule has 0 bridgehead atoms. The molecule has 0 radical (unpaired) electrons. The van der Waals surface area contributed by atoms with E-state index in [1.54, 1.807) is 38.1 Å². The molecule has 3 rings (SSSR count). The molecule has 0 fully saturated rings. The van der Waals surface area contributed by atoms with Gasteiger partial charge in [0.1, 0.15) is 5.75 Å². The summed E-state index contributed by atoms with van der Waals surface area (Å²) in [6, 6.07) is 10.6. The summed E-state index contributed by atoms with van der Waals surface area (Å²) in [5.74, 6) is -1.47. The highest BCUT2D eigenvalue weighted by molar-refractivity contribution is 6.22. The van der Waals surface area contributed by atoms with Crippen molar-refractivity contribution in [2.24, 2.45) is 0 Å². The van der Waals surface area contributed by atoms with Crippen LogP contribution in [0.25, 0.3) is 0 Å². The first-order chi connectivity index (χ1) is 14.2. The van der Waals surface area contributed by atoms with Crippen LogP contribution < -0.4 is 10.1 Å². The second kappa shape index (κ2) is 8.36. The molecule has 1 heterocycles. The van der Waals surface area contributed by atoms with E-state index in [0.717, 1.165) is 4.90 Å². The molecule has 1 atom stereocenters. The predicted octanol–water partition coefficient (Wildman–Crippen LogP) is 2.88. The standard InChI is InChI=1S/C22H22N2O6/c1-12(2)24-20(26)17-10-5-14(11-18(17)21(24)27)22(28)30-13(3)19(25)23-15-6-8-16(29-4)9-7-15/h5-13H,1-4H3,(H,23,25)/t13-/m0/s1. The largest absolute Gasteiger partial charge is 0.497 e. The summed E-state index contributed by atoms with van der Waals surface area (Å²) >= 11 is 0. The van der Waals surface area contributed by atoms with Crippen LogP contribution in [0.5, 0.6) is 5.75 Å². The fourth-order valence-corrected chi connectivity index (χ4v) is 3.06. The van der Waals surface area contributed by atoms with Gasteiger partial charge in [0.05, 0.1) is 23.8 Å². The Balaban J connectivity index is 1.68. The Morgan fingerprint density at radius 1 is 0.933 bits per heavy atom. The molecule has 2 aromatic carbocycles. The van der Waals surface area contributed by atoms with Crippen molar-refractivity contribution in [1.82, 2.24) is 4.90 Å². The number of anilines is 1. The molecular formula is C22H22N2O6. The van der Waals surface area contributed by atoms with Crippen LogP contribution in [0.1, 0.15) is 51.8 Å². The van der Waals surface area contributed by atoms with E-state index in [4.69, 9.17) is 9.47 Å². The van der Waals surface area contributed by atoms with Crippen molar-refractivity contribution in [3.63, 3.8) is 0 Å². The first kappa shape index (κ1) is 21.0. The Kier molecular flexibility index (Phi) is 5.86. The molecule has 8 heteroatoms. The van der Waals surface area contributed by atoms with Gasteiger partial charge in [0.15, 0.2) is 6.10 Å². The lowest BCUT2D eigenvalue weighted by Gasteiger charge is -2.17. The molecule has 1 N–H and O–H groups in total. The van der Waals surface area contributed by atoms with Gasteiger partial charge in [0.25, 0.3) is 17.7 Å². The van der Waals surface area contributed by atoms with Gasteiger partial charge >= 0.3 is 5.97 Å². The molecule has 0 spiro atoms. The van der Waals surface area contributed by atoms with Crippen molar-refractivity contribution in [2.75, 3.05) is 12.4 Å². The second-order valence-corrected chi connectivity index (χ2v) is 7.10. The molecule has 156 valence electrons. The summed E-state index contributed by atoms with van der Waals surface area (Å²) in [4.78, 5) is 50.7. The number of fused-ring (bicyclic) bond motifs is 1. The fourth-order valence-electron chi connectivity index (χ4n) is 3.06. The fraction of sp³-hybridized carbons (Fsp3) is 0.273. The van der Waals surface area contributed by atoms with Gasteiger partial charge in [-0.1, -0.05) is 0 Å². The van der Waals surface area contributed by atoms with E-state index in [1.807, 2.05) is 0 Å².